The summed E-state index contributed by atoms with van der Waals surface area (Å²) in [6.45, 7) is 4.76. The molecule has 0 atom stereocenters. The first-order valence-corrected chi connectivity index (χ1v) is 9.32. The molecule has 0 radical (unpaired) electrons. The minimum absolute atomic E-state index is 0.571. The van der Waals surface area contributed by atoms with E-state index in [1.54, 1.807) is 12.4 Å². The lowest BCUT2D eigenvalue weighted by Gasteiger charge is -2.37. The molecule has 0 aliphatic carbocycles. The molecule has 0 saturated carbocycles. The van der Waals surface area contributed by atoms with Crippen LogP contribution in [0.3, 0.4) is 0 Å². The zero-order valence-electron chi connectivity index (χ0n) is 15.5. The van der Waals surface area contributed by atoms with Gasteiger partial charge in [0.1, 0.15) is 12.1 Å². The summed E-state index contributed by atoms with van der Waals surface area (Å²) < 4.78 is 40.8. The van der Waals surface area contributed by atoms with Gasteiger partial charge in [-0.3, -0.25) is 4.40 Å². The van der Waals surface area contributed by atoms with Crippen LogP contribution in [0.2, 0.25) is 0 Å². The van der Waals surface area contributed by atoms with Crippen LogP contribution < -0.4 is 9.80 Å². The first-order valence-electron chi connectivity index (χ1n) is 9.32. The Morgan fingerprint density at radius 1 is 1.04 bits per heavy atom. The van der Waals surface area contributed by atoms with Crippen LogP contribution in [-0.4, -0.2) is 45.8 Å². The van der Waals surface area contributed by atoms with Crippen molar-refractivity contribution in [1.29, 1.82) is 0 Å². The maximum absolute atomic E-state index is 13.0. The topological polar surface area (TPSA) is 49.6 Å². The van der Waals surface area contributed by atoms with Gasteiger partial charge >= 0.3 is 6.18 Å². The Balaban J connectivity index is 1.53. The zero-order chi connectivity index (χ0) is 19.7. The number of fused-ring (bicyclic) bond motifs is 1. The number of rotatable bonds is 4. The second-order valence-electron chi connectivity index (χ2n) is 6.88. The fourth-order valence-corrected chi connectivity index (χ4v) is 3.55. The third-order valence-electron chi connectivity index (χ3n) is 4.96. The monoisotopic (exact) mass is 390 g/mol. The number of nitrogens with zero attached hydrogens (tertiary/aromatic N) is 6. The molecule has 9 heteroatoms. The van der Waals surface area contributed by atoms with Gasteiger partial charge in [0, 0.05) is 43.6 Å². The quantitative estimate of drug-likeness (QED) is 0.683. The molecule has 148 valence electrons. The second-order valence-corrected chi connectivity index (χ2v) is 6.88. The van der Waals surface area contributed by atoms with Gasteiger partial charge in [-0.15, -0.1) is 10.2 Å². The third-order valence-corrected chi connectivity index (χ3v) is 4.96. The number of piperazine rings is 1. The molecule has 1 aliphatic heterocycles. The van der Waals surface area contributed by atoms with Gasteiger partial charge in [-0.2, -0.15) is 13.2 Å². The molecule has 0 bridgehead atoms. The average Bonchev–Trinajstić information content (AvgIpc) is 3.16. The van der Waals surface area contributed by atoms with E-state index in [0.717, 1.165) is 30.4 Å². The maximum Gasteiger partial charge on any atom is 0.416 e. The lowest BCUT2D eigenvalue weighted by atomic mass is 10.1. The van der Waals surface area contributed by atoms with Crippen molar-refractivity contribution in [2.75, 3.05) is 36.0 Å². The van der Waals surface area contributed by atoms with Gasteiger partial charge in [-0.05, 0) is 24.6 Å². The smallest absolute Gasteiger partial charge is 0.368 e. The fraction of sp³-hybridized carbons (Fsp3) is 0.421. The average molecular weight is 390 g/mol. The van der Waals surface area contributed by atoms with Crippen LogP contribution in [0.25, 0.3) is 5.78 Å². The molecule has 3 heterocycles. The molecule has 1 aliphatic rings. The van der Waals surface area contributed by atoms with Crippen molar-refractivity contribution in [2.24, 2.45) is 0 Å². The standard InChI is InChI=1S/C19H21F3N6/c1-2-4-15-12-17(28-13-23-25-18(28)24-15)27-9-7-26(8-10-27)16-6-3-5-14(11-16)19(20,21)22/h3,5-6,11-13H,2,4,7-10H2,1H3. The van der Waals surface area contributed by atoms with E-state index in [-0.39, 0.29) is 0 Å². The molecule has 2 aromatic heterocycles. The molecule has 6 nitrogen and oxygen atoms in total. The summed E-state index contributed by atoms with van der Waals surface area (Å²) >= 11 is 0. The Labute approximate surface area is 160 Å². The van der Waals surface area contributed by atoms with Gasteiger partial charge in [0.15, 0.2) is 0 Å². The number of aromatic nitrogens is 4. The van der Waals surface area contributed by atoms with Gasteiger partial charge in [-0.1, -0.05) is 19.4 Å². The number of benzene rings is 1. The zero-order valence-corrected chi connectivity index (χ0v) is 15.5. The summed E-state index contributed by atoms with van der Waals surface area (Å²) in [6, 6.07) is 7.58. The Morgan fingerprint density at radius 2 is 1.79 bits per heavy atom. The molecule has 1 saturated heterocycles. The Bertz CT molecular complexity index is 960. The van der Waals surface area contributed by atoms with Crippen molar-refractivity contribution < 1.29 is 13.2 Å². The molecular weight excluding hydrogens is 369 g/mol. The van der Waals surface area contributed by atoms with E-state index >= 15 is 0 Å². The summed E-state index contributed by atoms with van der Waals surface area (Å²) in [7, 11) is 0. The van der Waals surface area contributed by atoms with E-state index in [2.05, 4.69) is 33.1 Å². The van der Waals surface area contributed by atoms with Crippen LogP contribution in [0.5, 0.6) is 0 Å². The lowest BCUT2D eigenvalue weighted by molar-refractivity contribution is -0.137. The minimum Gasteiger partial charge on any atom is -0.368 e. The minimum atomic E-state index is -4.33. The molecule has 1 aromatic carbocycles. The molecule has 4 rings (SSSR count). The first-order chi connectivity index (χ1) is 13.5. The highest BCUT2D eigenvalue weighted by Gasteiger charge is 2.31. The van der Waals surface area contributed by atoms with Crippen molar-refractivity contribution in [3.63, 3.8) is 0 Å². The van der Waals surface area contributed by atoms with Crippen LogP contribution >= 0.6 is 0 Å². The van der Waals surface area contributed by atoms with E-state index in [4.69, 9.17) is 0 Å². The molecule has 0 unspecified atom stereocenters. The van der Waals surface area contributed by atoms with E-state index in [1.807, 2.05) is 9.30 Å². The van der Waals surface area contributed by atoms with Crippen molar-refractivity contribution in [1.82, 2.24) is 19.6 Å². The van der Waals surface area contributed by atoms with E-state index in [1.165, 1.54) is 12.1 Å². The van der Waals surface area contributed by atoms with E-state index < -0.39 is 11.7 Å². The number of anilines is 2. The Morgan fingerprint density at radius 3 is 2.50 bits per heavy atom. The van der Waals surface area contributed by atoms with Crippen molar-refractivity contribution in [3.05, 3.63) is 47.9 Å². The van der Waals surface area contributed by atoms with Crippen LogP contribution in [0.1, 0.15) is 24.6 Å². The van der Waals surface area contributed by atoms with Crippen LogP contribution in [0.15, 0.2) is 36.7 Å². The number of aryl methyl sites for hydroxylation is 1. The molecular formula is C19H21F3N6. The van der Waals surface area contributed by atoms with Crippen LogP contribution in [0.4, 0.5) is 24.7 Å². The highest BCUT2D eigenvalue weighted by Crippen LogP contribution is 2.32. The van der Waals surface area contributed by atoms with Crippen molar-refractivity contribution >= 4 is 17.3 Å². The largest absolute Gasteiger partial charge is 0.416 e. The van der Waals surface area contributed by atoms with Crippen LogP contribution in [0, 0.1) is 0 Å². The van der Waals surface area contributed by atoms with Crippen molar-refractivity contribution in [3.8, 4) is 0 Å². The normalized spacial score (nSPS) is 15.4. The maximum atomic E-state index is 13.0. The van der Waals surface area contributed by atoms with Crippen LogP contribution in [-0.2, 0) is 12.6 Å². The number of alkyl halides is 3. The molecule has 28 heavy (non-hydrogen) atoms. The molecule has 0 spiro atoms. The second kappa shape index (κ2) is 7.29. The SMILES string of the molecule is CCCc1cc(N2CCN(c3cccc(C(F)(F)F)c3)CC2)n2cnnc2n1. The summed E-state index contributed by atoms with van der Waals surface area (Å²) in [5.74, 6) is 1.54. The van der Waals surface area contributed by atoms with E-state index in [0.29, 0.717) is 37.6 Å². The van der Waals surface area contributed by atoms with Gasteiger partial charge in [0.25, 0.3) is 5.78 Å². The molecule has 0 N–H and O–H groups in total. The third kappa shape index (κ3) is 3.61. The summed E-state index contributed by atoms with van der Waals surface area (Å²) in [5.41, 5.74) is 0.959. The summed E-state index contributed by atoms with van der Waals surface area (Å²) in [4.78, 5) is 8.72. The van der Waals surface area contributed by atoms with Gasteiger partial charge in [-0.25, -0.2) is 4.98 Å². The fourth-order valence-electron chi connectivity index (χ4n) is 3.55. The number of halogens is 3. The molecule has 1 fully saturated rings. The predicted octanol–water partition coefficient (Wildman–Crippen LogP) is 3.42. The lowest BCUT2D eigenvalue weighted by Crippen LogP contribution is -2.47. The van der Waals surface area contributed by atoms with Gasteiger partial charge < -0.3 is 9.80 Å². The first kappa shape index (κ1) is 18.5. The van der Waals surface area contributed by atoms with Crippen molar-refractivity contribution in [2.45, 2.75) is 25.9 Å². The number of hydrogen-bond donors (Lipinski definition) is 0. The highest BCUT2D eigenvalue weighted by atomic mass is 19.4. The summed E-state index contributed by atoms with van der Waals surface area (Å²) in [6.07, 6.45) is -0.836. The van der Waals surface area contributed by atoms with Gasteiger partial charge in [0.2, 0.25) is 0 Å². The van der Waals surface area contributed by atoms with E-state index in [9.17, 15) is 13.2 Å². The molecule has 3 aromatic rings. The highest BCUT2D eigenvalue weighted by molar-refractivity contribution is 5.53. The Hall–Kier alpha value is -2.84. The predicted molar refractivity (Wildman–Crippen MR) is 101 cm³/mol. The van der Waals surface area contributed by atoms with Gasteiger partial charge in [0.05, 0.1) is 5.56 Å². The molecule has 0 amide bonds. The number of hydrogen-bond acceptors (Lipinski definition) is 5. The Kier molecular flexibility index (Phi) is 4.82. The summed E-state index contributed by atoms with van der Waals surface area (Å²) in [5, 5.41) is 8.03.